The molecule has 0 spiro atoms. The van der Waals surface area contributed by atoms with Crippen molar-refractivity contribution < 1.29 is 4.79 Å². The zero-order valence-corrected chi connectivity index (χ0v) is 5.63. The molecule has 0 aromatic heterocycles. The first kappa shape index (κ1) is 6.71. The first-order chi connectivity index (χ1) is 4.18. The van der Waals surface area contributed by atoms with Crippen molar-refractivity contribution in [2.24, 2.45) is 5.73 Å². The molecule has 0 bridgehead atoms. The Labute approximate surface area is 54.8 Å². The van der Waals surface area contributed by atoms with Gasteiger partial charge in [-0.1, -0.05) is 0 Å². The Hall–Kier alpha value is -0.410. The van der Waals surface area contributed by atoms with Crippen LogP contribution in [0.4, 0.5) is 0 Å². The van der Waals surface area contributed by atoms with Crippen LogP contribution in [0, 0.1) is 0 Å². The van der Waals surface area contributed by atoms with Gasteiger partial charge in [0.2, 0.25) is 0 Å². The van der Waals surface area contributed by atoms with Gasteiger partial charge < -0.3 is 5.73 Å². The molecule has 0 amide bonds. The van der Waals surface area contributed by atoms with Crippen LogP contribution in [0.15, 0.2) is 0 Å². The highest BCUT2D eigenvalue weighted by Crippen LogP contribution is 2.03. The third kappa shape index (κ3) is 1.77. The standard InChI is InChI=1S/C6H12N2O/c1-5(9)2-8-3-6(7)4-8/h6H,2-4,7H2,1H3. The Morgan fingerprint density at radius 1 is 1.78 bits per heavy atom. The van der Waals surface area contributed by atoms with E-state index < -0.39 is 0 Å². The summed E-state index contributed by atoms with van der Waals surface area (Å²) in [6.07, 6.45) is 0. The first-order valence-corrected chi connectivity index (χ1v) is 3.16. The summed E-state index contributed by atoms with van der Waals surface area (Å²) in [5, 5.41) is 0. The highest BCUT2D eigenvalue weighted by atomic mass is 16.1. The van der Waals surface area contributed by atoms with E-state index in [1.165, 1.54) is 0 Å². The summed E-state index contributed by atoms with van der Waals surface area (Å²) in [6, 6.07) is 0.310. The maximum atomic E-state index is 10.5. The summed E-state index contributed by atoms with van der Waals surface area (Å²) < 4.78 is 0. The lowest BCUT2D eigenvalue weighted by atomic mass is 10.1. The van der Waals surface area contributed by atoms with Gasteiger partial charge in [0.1, 0.15) is 5.78 Å². The predicted molar refractivity (Wildman–Crippen MR) is 35.1 cm³/mol. The van der Waals surface area contributed by atoms with E-state index in [4.69, 9.17) is 5.73 Å². The van der Waals surface area contributed by atoms with Crippen LogP contribution in [0.3, 0.4) is 0 Å². The topological polar surface area (TPSA) is 46.3 Å². The van der Waals surface area contributed by atoms with Crippen LogP contribution in [0.25, 0.3) is 0 Å². The first-order valence-electron chi connectivity index (χ1n) is 3.16. The number of nitrogens with zero attached hydrogens (tertiary/aromatic N) is 1. The van der Waals surface area contributed by atoms with Gasteiger partial charge in [-0.05, 0) is 6.92 Å². The van der Waals surface area contributed by atoms with E-state index in [0.717, 1.165) is 13.1 Å². The van der Waals surface area contributed by atoms with Crippen molar-refractivity contribution in [3.05, 3.63) is 0 Å². The predicted octanol–water partition coefficient (Wildman–Crippen LogP) is -0.782. The number of hydrogen-bond donors (Lipinski definition) is 1. The minimum Gasteiger partial charge on any atom is -0.325 e. The minimum atomic E-state index is 0.224. The van der Waals surface area contributed by atoms with Crippen molar-refractivity contribution in [3.8, 4) is 0 Å². The number of nitrogens with two attached hydrogens (primary N) is 1. The Balaban J connectivity index is 2.11. The summed E-state index contributed by atoms with van der Waals surface area (Å²) in [5.74, 6) is 0.224. The van der Waals surface area contributed by atoms with E-state index in [2.05, 4.69) is 0 Å². The van der Waals surface area contributed by atoms with Gasteiger partial charge in [-0.2, -0.15) is 0 Å². The van der Waals surface area contributed by atoms with Gasteiger partial charge in [-0.25, -0.2) is 0 Å². The molecular formula is C6H12N2O. The van der Waals surface area contributed by atoms with E-state index >= 15 is 0 Å². The van der Waals surface area contributed by atoms with Crippen molar-refractivity contribution in [2.45, 2.75) is 13.0 Å². The van der Waals surface area contributed by atoms with Crippen LogP contribution in [0.5, 0.6) is 0 Å². The fraction of sp³-hybridized carbons (Fsp3) is 0.833. The molecule has 1 aliphatic rings. The Bertz CT molecular complexity index is 118. The highest BCUT2D eigenvalue weighted by Gasteiger charge is 2.22. The molecule has 1 aliphatic heterocycles. The van der Waals surface area contributed by atoms with Gasteiger partial charge in [0.15, 0.2) is 0 Å². The van der Waals surface area contributed by atoms with Crippen LogP contribution < -0.4 is 5.73 Å². The van der Waals surface area contributed by atoms with Gasteiger partial charge in [-0.15, -0.1) is 0 Å². The average molecular weight is 128 g/mol. The van der Waals surface area contributed by atoms with Gasteiger partial charge in [0.25, 0.3) is 0 Å². The lowest BCUT2D eigenvalue weighted by Crippen LogP contribution is -2.56. The van der Waals surface area contributed by atoms with Gasteiger partial charge >= 0.3 is 0 Å². The number of carbonyl (C=O) groups excluding carboxylic acids is 1. The van der Waals surface area contributed by atoms with Crippen molar-refractivity contribution in [1.82, 2.24) is 4.90 Å². The van der Waals surface area contributed by atoms with Crippen LogP contribution in [-0.4, -0.2) is 36.4 Å². The molecule has 0 aromatic carbocycles. The number of rotatable bonds is 2. The Morgan fingerprint density at radius 2 is 2.33 bits per heavy atom. The van der Waals surface area contributed by atoms with Gasteiger partial charge in [-0.3, -0.25) is 9.69 Å². The lowest BCUT2D eigenvalue weighted by Gasteiger charge is -2.35. The molecule has 0 aromatic rings. The molecule has 0 aliphatic carbocycles. The third-order valence-electron chi connectivity index (χ3n) is 1.43. The normalized spacial score (nSPS) is 21.6. The molecule has 3 nitrogen and oxygen atoms in total. The molecule has 1 rings (SSSR count). The molecule has 1 saturated heterocycles. The summed E-state index contributed by atoms with van der Waals surface area (Å²) in [7, 11) is 0. The molecule has 52 valence electrons. The number of hydrogen-bond acceptors (Lipinski definition) is 3. The molecule has 9 heavy (non-hydrogen) atoms. The number of carbonyl (C=O) groups is 1. The number of likely N-dealkylation sites (tertiary alicyclic amines) is 1. The molecule has 0 atom stereocenters. The zero-order chi connectivity index (χ0) is 6.85. The Kier molecular flexibility index (Phi) is 1.83. The van der Waals surface area contributed by atoms with E-state index in [-0.39, 0.29) is 5.78 Å². The van der Waals surface area contributed by atoms with Crippen molar-refractivity contribution in [2.75, 3.05) is 19.6 Å². The summed E-state index contributed by atoms with van der Waals surface area (Å²) in [5.41, 5.74) is 5.49. The van der Waals surface area contributed by atoms with Gasteiger partial charge in [0.05, 0.1) is 6.54 Å². The van der Waals surface area contributed by atoms with E-state index in [9.17, 15) is 4.79 Å². The quantitative estimate of drug-likeness (QED) is 0.530. The smallest absolute Gasteiger partial charge is 0.143 e. The van der Waals surface area contributed by atoms with E-state index in [1.54, 1.807) is 6.92 Å². The number of Topliss-reactive ketones (excluding diaryl/α,β-unsaturated/α-hetero) is 1. The molecule has 3 heteroatoms. The number of ketones is 1. The summed E-state index contributed by atoms with van der Waals surface area (Å²) >= 11 is 0. The largest absolute Gasteiger partial charge is 0.325 e. The second-order valence-electron chi connectivity index (χ2n) is 2.66. The fourth-order valence-corrected chi connectivity index (χ4v) is 1.05. The molecule has 0 saturated carbocycles. The van der Waals surface area contributed by atoms with Crippen LogP contribution in [0.2, 0.25) is 0 Å². The molecule has 0 unspecified atom stereocenters. The molecule has 1 heterocycles. The SMILES string of the molecule is CC(=O)CN1CC(N)C1. The van der Waals surface area contributed by atoms with Crippen molar-refractivity contribution >= 4 is 5.78 Å². The van der Waals surface area contributed by atoms with E-state index in [1.807, 2.05) is 4.90 Å². The highest BCUT2D eigenvalue weighted by molar-refractivity contribution is 5.77. The maximum Gasteiger partial charge on any atom is 0.143 e. The lowest BCUT2D eigenvalue weighted by molar-refractivity contribution is -0.119. The van der Waals surface area contributed by atoms with Crippen LogP contribution in [-0.2, 0) is 4.79 Å². The fourth-order valence-electron chi connectivity index (χ4n) is 1.05. The molecular weight excluding hydrogens is 116 g/mol. The van der Waals surface area contributed by atoms with E-state index in [0.29, 0.717) is 12.6 Å². The zero-order valence-electron chi connectivity index (χ0n) is 5.63. The van der Waals surface area contributed by atoms with Crippen molar-refractivity contribution in [3.63, 3.8) is 0 Å². The minimum absolute atomic E-state index is 0.224. The molecule has 1 fully saturated rings. The van der Waals surface area contributed by atoms with Crippen LogP contribution >= 0.6 is 0 Å². The monoisotopic (exact) mass is 128 g/mol. The summed E-state index contributed by atoms with van der Waals surface area (Å²) in [4.78, 5) is 12.5. The Morgan fingerprint density at radius 3 is 2.67 bits per heavy atom. The molecule has 2 N–H and O–H groups in total. The maximum absolute atomic E-state index is 10.5. The second kappa shape index (κ2) is 2.45. The van der Waals surface area contributed by atoms with Gasteiger partial charge in [0, 0.05) is 19.1 Å². The third-order valence-corrected chi connectivity index (χ3v) is 1.43. The van der Waals surface area contributed by atoms with Crippen LogP contribution in [0.1, 0.15) is 6.92 Å². The average Bonchev–Trinajstić information content (AvgIpc) is 1.60. The second-order valence-corrected chi connectivity index (χ2v) is 2.66. The summed E-state index contributed by atoms with van der Waals surface area (Å²) in [6.45, 7) is 3.96. The molecule has 0 radical (unpaired) electrons. The van der Waals surface area contributed by atoms with Crippen molar-refractivity contribution in [1.29, 1.82) is 0 Å².